The Labute approximate surface area is 435 Å². The molecule has 8 aromatic rings. The van der Waals surface area contributed by atoms with E-state index in [1.165, 1.54) is 122 Å². The molecule has 0 spiro atoms. The predicted molar refractivity (Wildman–Crippen MR) is 262 cm³/mol. The number of allylic oxidation sites excluding steroid dienone is 8. The van der Waals surface area contributed by atoms with Crippen LogP contribution in [0.2, 0.25) is 0 Å². The summed E-state index contributed by atoms with van der Waals surface area (Å²) in [6.07, 6.45) is 22.1. The third-order valence-corrected chi connectivity index (χ3v) is 13.5. The van der Waals surface area contributed by atoms with Crippen LogP contribution in [0.4, 0.5) is 0 Å². The van der Waals surface area contributed by atoms with E-state index in [4.69, 9.17) is 0 Å². The molecule has 0 atom stereocenters. The van der Waals surface area contributed by atoms with Crippen molar-refractivity contribution in [3.63, 3.8) is 0 Å². The van der Waals surface area contributed by atoms with Crippen molar-refractivity contribution >= 4 is 6.41 Å². The average molecular weight is 1050 g/mol. The van der Waals surface area contributed by atoms with Crippen LogP contribution in [0, 0.1) is 24.3 Å². The van der Waals surface area contributed by atoms with Crippen LogP contribution < -0.4 is 24.8 Å². The van der Waals surface area contributed by atoms with Gasteiger partial charge in [-0.05, 0) is 12.8 Å². The van der Waals surface area contributed by atoms with E-state index >= 15 is 0 Å². The Bertz CT molecular complexity index is 2460. The molecule has 12 rings (SSSR count). The fourth-order valence-corrected chi connectivity index (χ4v) is 9.07. The summed E-state index contributed by atoms with van der Waals surface area (Å²) < 4.78 is 2.83. The molecule has 0 unspecified atom stereocenters. The first-order valence-corrected chi connectivity index (χ1v) is 24.1. The Morgan fingerprint density at radius 3 is 0.939 bits per heavy atom. The second-order valence-corrected chi connectivity index (χ2v) is 17.5. The largest absolute Gasteiger partial charge is 0.179 e. The van der Waals surface area contributed by atoms with Crippen molar-refractivity contribution < 1.29 is 73.3 Å². The van der Waals surface area contributed by atoms with Crippen molar-refractivity contribution in [2.75, 3.05) is 0 Å². The first-order valence-electron chi connectivity index (χ1n) is 21.6. The maximum atomic E-state index is 3.30. The van der Waals surface area contributed by atoms with Crippen molar-refractivity contribution in [1.29, 1.82) is 0 Å². The van der Waals surface area contributed by atoms with Crippen LogP contribution in [0.5, 0.6) is 0 Å². The Morgan fingerprint density at radius 2 is 0.652 bits per heavy atom. The number of halogens is 2. The zero-order valence-electron chi connectivity index (χ0n) is 36.7. The molecule has 0 aliphatic heterocycles. The molecule has 66 heavy (non-hydrogen) atoms. The molecule has 0 amide bonds. The third kappa shape index (κ3) is 15.4. The summed E-state index contributed by atoms with van der Waals surface area (Å²) in [5.74, 6) is 0. The molecule has 4 aliphatic rings. The molecular weight excluding hydrogens is 998 g/mol. The zero-order chi connectivity index (χ0) is 44.0. The van der Waals surface area contributed by atoms with Crippen LogP contribution in [0.15, 0.2) is 243 Å². The van der Waals surface area contributed by atoms with Gasteiger partial charge in [-0.1, -0.05) is 70.8 Å². The smallest absolute Gasteiger partial charge is 0.0253 e. The zero-order valence-corrected chi connectivity index (χ0v) is 43.1. The van der Waals surface area contributed by atoms with Crippen molar-refractivity contribution in [3.8, 4) is 22.3 Å². The normalized spacial score (nSPS) is 11.7. The molecule has 4 heteroatoms. The molecule has 0 N–H and O–H groups in total. The van der Waals surface area contributed by atoms with Gasteiger partial charge in [0.2, 0.25) is 0 Å². The van der Waals surface area contributed by atoms with Gasteiger partial charge in [0, 0.05) is 0 Å². The molecular formula is C62H48Cl2Zr2-2. The van der Waals surface area contributed by atoms with Crippen molar-refractivity contribution in [3.05, 3.63) is 312 Å². The van der Waals surface area contributed by atoms with Crippen molar-refractivity contribution in [2.24, 2.45) is 0 Å². The first kappa shape index (κ1) is 51.8. The monoisotopic (exact) mass is 1040 g/mol. The molecule has 0 fully saturated rings. The van der Waals surface area contributed by atoms with Crippen LogP contribution in [0.3, 0.4) is 0 Å². The molecule has 320 valence electrons. The van der Waals surface area contributed by atoms with E-state index in [0.717, 1.165) is 25.7 Å². The van der Waals surface area contributed by atoms with Gasteiger partial charge in [0.05, 0.1) is 0 Å². The predicted octanol–water partition coefficient (Wildman–Crippen LogP) is 8.34. The average Bonchev–Trinajstić information content (AvgIpc) is 4.25. The summed E-state index contributed by atoms with van der Waals surface area (Å²) in [6.45, 7) is 0. The van der Waals surface area contributed by atoms with Gasteiger partial charge >= 0.3 is 198 Å². The van der Waals surface area contributed by atoms with Crippen molar-refractivity contribution in [2.45, 2.75) is 25.7 Å². The molecule has 0 aromatic heterocycles. The van der Waals surface area contributed by atoms with Crippen LogP contribution in [-0.4, -0.2) is 6.41 Å². The van der Waals surface area contributed by atoms with Crippen LogP contribution in [0.25, 0.3) is 22.3 Å². The number of rotatable bonds is 4. The quantitative estimate of drug-likeness (QED) is 0.156. The van der Waals surface area contributed by atoms with E-state index in [-0.39, 0.29) is 24.8 Å². The maximum absolute atomic E-state index is 3.30. The molecule has 0 saturated carbocycles. The molecule has 0 nitrogen and oxygen atoms in total. The fraction of sp³-hybridized carbons (Fsp3) is 0.0645. The Kier molecular flexibility index (Phi) is 22.6. The first-order chi connectivity index (χ1) is 31.7. The standard InChI is InChI=1S/2C13H9.2C13H10.2C5H5.2ClH.2Zr/c2*1-3-7-12-10(5-1)9-11-6-2-4-8-13(11)12;2*1-3-7-12(8-4-1)11-13-9-5-2-6-10-13;2*1-2-4-5-3-1;;;;/h2*1-5,7-8H,9H2;2*1-10H;2*1-3H,4H2;2*1H;;/q2*-1;;;2*-1;;;2*+2/p-2. The van der Waals surface area contributed by atoms with Gasteiger partial charge in [0.25, 0.3) is 0 Å². The maximum Gasteiger partial charge on any atom is -0.0253 e. The van der Waals surface area contributed by atoms with Gasteiger partial charge in [0.15, 0.2) is 0 Å². The topological polar surface area (TPSA) is 0 Å². The summed E-state index contributed by atoms with van der Waals surface area (Å²) in [5, 5.41) is 0. The number of benzene rings is 8. The van der Waals surface area contributed by atoms with Gasteiger partial charge in [-0.25, -0.2) is 24.3 Å². The second-order valence-electron chi connectivity index (χ2n) is 15.0. The number of hydrogen-bond acceptors (Lipinski definition) is 0. The summed E-state index contributed by atoms with van der Waals surface area (Å²) in [5.41, 5.74) is 16.3. The summed E-state index contributed by atoms with van der Waals surface area (Å²) in [4.78, 5) is 0. The van der Waals surface area contributed by atoms with Crippen LogP contribution in [0.1, 0.15) is 57.3 Å². The SMILES string of the molecule is [C-]1=CC=CC1.[C-]1=CC=CC1.[Cl-].[Cl-].[Zr+2]=[C](c1ccccc1)c1ccccc1.[Zr+2]=[C](c1ccccc1)c1ccccc1.[c-]1cccc2c1Cc1ccccc1-2.[c-]1cccc2c1Cc1ccccc1-2. The van der Waals surface area contributed by atoms with E-state index < -0.39 is 0 Å². The fourth-order valence-electron chi connectivity index (χ4n) is 7.43. The van der Waals surface area contributed by atoms with Crippen LogP contribution in [-0.2, 0) is 61.3 Å². The molecule has 0 saturated heterocycles. The minimum Gasteiger partial charge on any atom is -0.179 e. The number of hydrogen-bond donors (Lipinski definition) is 0. The van der Waals surface area contributed by atoms with Gasteiger partial charge in [-0.15, -0.1) is 24.0 Å². The third-order valence-electron chi connectivity index (χ3n) is 10.7. The van der Waals surface area contributed by atoms with Gasteiger partial charge in [-0.3, -0.25) is 12.2 Å². The number of fused-ring (bicyclic) bond motifs is 6. The van der Waals surface area contributed by atoms with Gasteiger partial charge in [0.1, 0.15) is 0 Å². The summed E-state index contributed by atoms with van der Waals surface area (Å²) in [7, 11) is 0. The van der Waals surface area contributed by atoms with E-state index in [1.54, 1.807) is 0 Å². The molecule has 0 bridgehead atoms. The molecule has 0 radical (unpaired) electrons. The Morgan fingerprint density at radius 1 is 0.348 bits per heavy atom. The summed E-state index contributed by atoms with van der Waals surface area (Å²) >= 11 is 2.92. The molecule has 8 aromatic carbocycles. The molecule has 4 aliphatic carbocycles. The van der Waals surface area contributed by atoms with E-state index in [9.17, 15) is 0 Å². The minimum absolute atomic E-state index is 0. The minimum atomic E-state index is 0. The summed E-state index contributed by atoms with van der Waals surface area (Å²) in [6, 6.07) is 78.4. The second kappa shape index (κ2) is 28.8. The Balaban J connectivity index is 0.000000152. The Hall–Kier alpha value is -5.19. The van der Waals surface area contributed by atoms with Crippen molar-refractivity contribution in [1.82, 2.24) is 0 Å². The van der Waals surface area contributed by atoms with Gasteiger partial charge in [-0.2, -0.15) is 71.8 Å². The van der Waals surface area contributed by atoms with E-state index in [1.807, 2.05) is 36.4 Å². The molecule has 0 heterocycles. The van der Waals surface area contributed by atoms with Gasteiger partial charge < -0.3 is 24.8 Å². The van der Waals surface area contributed by atoms with E-state index in [2.05, 4.69) is 231 Å². The van der Waals surface area contributed by atoms with E-state index in [0.29, 0.717) is 0 Å². The van der Waals surface area contributed by atoms with Crippen LogP contribution >= 0.6 is 0 Å².